The Kier molecular flexibility index (Phi) is 6.43. The summed E-state index contributed by atoms with van der Waals surface area (Å²) in [5.41, 5.74) is 1.92. The maximum absolute atomic E-state index is 13.4. The van der Waals surface area contributed by atoms with Gasteiger partial charge in [-0.2, -0.15) is 4.31 Å². The van der Waals surface area contributed by atoms with Crippen LogP contribution in [0.3, 0.4) is 0 Å². The molecule has 0 atom stereocenters. The van der Waals surface area contributed by atoms with Crippen molar-refractivity contribution >= 4 is 15.9 Å². The number of carbonyl (C=O) groups is 1. The summed E-state index contributed by atoms with van der Waals surface area (Å²) in [7, 11) is -2.00. The van der Waals surface area contributed by atoms with Crippen LogP contribution in [-0.4, -0.2) is 40.7 Å². The number of carbonyl (C=O) groups excluding carboxylic acids is 1. The molecule has 3 aromatic rings. The van der Waals surface area contributed by atoms with Crippen LogP contribution in [0.15, 0.2) is 77.8 Å². The van der Waals surface area contributed by atoms with E-state index in [0.717, 1.165) is 23.4 Å². The molecule has 168 valence electrons. The second kappa shape index (κ2) is 9.26. The highest BCUT2D eigenvalue weighted by Gasteiger charge is 2.40. The quantitative estimate of drug-likeness (QED) is 0.496. The number of benzene rings is 2. The average molecular weight is 456 g/mol. The molecule has 0 radical (unpaired) electrons. The number of amides is 1. The van der Waals surface area contributed by atoms with E-state index in [1.807, 2.05) is 60.3 Å². The zero-order valence-corrected chi connectivity index (χ0v) is 18.7. The van der Waals surface area contributed by atoms with Crippen LogP contribution in [0.2, 0.25) is 0 Å². The van der Waals surface area contributed by atoms with Crippen molar-refractivity contribution in [3.63, 3.8) is 0 Å². The predicted molar refractivity (Wildman–Crippen MR) is 119 cm³/mol. The Morgan fingerprint density at radius 1 is 1.00 bits per heavy atom. The standard InChI is InChI=1S/C24H26FN3O3S/c1-26-15-5-8-22(26)17-27(16-19-6-3-2-4-7-19)24(29)18-28(21-11-12-21)32(30,31)23-13-9-20(25)10-14-23/h2-10,13-15,21H,11-12,16-18H2,1H3. The second-order valence-electron chi connectivity index (χ2n) is 8.08. The molecule has 1 aliphatic rings. The van der Waals surface area contributed by atoms with E-state index in [2.05, 4.69) is 0 Å². The van der Waals surface area contributed by atoms with Crippen molar-refractivity contribution in [1.29, 1.82) is 0 Å². The fraction of sp³-hybridized carbons (Fsp3) is 0.292. The molecule has 0 aliphatic heterocycles. The van der Waals surface area contributed by atoms with Gasteiger partial charge in [0.1, 0.15) is 5.82 Å². The maximum Gasteiger partial charge on any atom is 0.243 e. The lowest BCUT2D eigenvalue weighted by molar-refractivity contribution is -0.132. The first-order valence-corrected chi connectivity index (χ1v) is 12.0. The van der Waals surface area contributed by atoms with Crippen LogP contribution in [0.4, 0.5) is 4.39 Å². The molecule has 1 aliphatic carbocycles. The van der Waals surface area contributed by atoms with Crippen molar-refractivity contribution < 1.29 is 17.6 Å². The van der Waals surface area contributed by atoms with E-state index in [-0.39, 0.29) is 23.4 Å². The van der Waals surface area contributed by atoms with E-state index in [1.54, 1.807) is 4.90 Å². The minimum atomic E-state index is -3.91. The molecule has 0 unspecified atom stereocenters. The van der Waals surface area contributed by atoms with Gasteiger partial charge in [0, 0.05) is 31.5 Å². The topological polar surface area (TPSA) is 62.6 Å². The molecule has 1 amide bonds. The summed E-state index contributed by atoms with van der Waals surface area (Å²) in [6.45, 7) is 0.494. The summed E-state index contributed by atoms with van der Waals surface area (Å²) in [4.78, 5) is 15.1. The largest absolute Gasteiger partial charge is 0.353 e. The fourth-order valence-electron chi connectivity index (χ4n) is 3.64. The average Bonchev–Trinajstić information content (AvgIpc) is 3.54. The van der Waals surface area contributed by atoms with Crippen LogP contribution in [0.5, 0.6) is 0 Å². The summed E-state index contributed by atoms with van der Waals surface area (Å²) in [6, 6.07) is 18.0. The lowest BCUT2D eigenvalue weighted by atomic mass is 10.2. The molecule has 4 rings (SSSR count). The lowest BCUT2D eigenvalue weighted by Crippen LogP contribution is -2.43. The Morgan fingerprint density at radius 2 is 1.69 bits per heavy atom. The molecule has 0 bridgehead atoms. The van der Waals surface area contributed by atoms with Gasteiger partial charge in [0.05, 0.1) is 18.0 Å². The van der Waals surface area contributed by atoms with Gasteiger partial charge >= 0.3 is 0 Å². The van der Waals surface area contributed by atoms with Crippen molar-refractivity contribution in [3.05, 3.63) is 90.0 Å². The summed E-state index contributed by atoms with van der Waals surface area (Å²) in [5, 5.41) is 0. The first kappa shape index (κ1) is 22.2. The Labute approximate surface area is 187 Å². The molecule has 2 aromatic carbocycles. The molecule has 6 nitrogen and oxygen atoms in total. The number of rotatable bonds is 9. The third kappa shape index (κ3) is 5.08. The highest BCUT2D eigenvalue weighted by molar-refractivity contribution is 7.89. The van der Waals surface area contributed by atoms with Gasteiger partial charge in [-0.05, 0) is 54.8 Å². The minimum absolute atomic E-state index is 0.00403. The van der Waals surface area contributed by atoms with Crippen molar-refractivity contribution in [3.8, 4) is 0 Å². The number of hydrogen-bond acceptors (Lipinski definition) is 3. The van der Waals surface area contributed by atoms with Crippen molar-refractivity contribution in [1.82, 2.24) is 13.8 Å². The molecule has 8 heteroatoms. The Hall–Kier alpha value is -2.97. The van der Waals surface area contributed by atoms with E-state index >= 15 is 0 Å². The summed E-state index contributed by atoms with van der Waals surface area (Å²) >= 11 is 0. The number of hydrogen-bond donors (Lipinski definition) is 0. The van der Waals surface area contributed by atoms with Crippen LogP contribution in [0.1, 0.15) is 24.1 Å². The van der Waals surface area contributed by atoms with Crippen LogP contribution in [0.25, 0.3) is 0 Å². The van der Waals surface area contributed by atoms with Gasteiger partial charge in [0.15, 0.2) is 0 Å². The highest BCUT2D eigenvalue weighted by atomic mass is 32.2. The normalized spacial score (nSPS) is 14.0. The monoisotopic (exact) mass is 455 g/mol. The Balaban J connectivity index is 1.58. The molecule has 1 fully saturated rings. The van der Waals surface area contributed by atoms with Crippen LogP contribution in [-0.2, 0) is 35.0 Å². The van der Waals surface area contributed by atoms with Crippen LogP contribution in [0, 0.1) is 5.82 Å². The van der Waals surface area contributed by atoms with Gasteiger partial charge in [-0.15, -0.1) is 0 Å². The molecule has 1 heterocycles. The highest BCUT2D eigenvalue weighted by Crippen LogP contribution is 2.32. The number of aryl methyl sites for hydroxylation is 1. The fourth-order valence-corrected chi connectivity index (χ4v) is 5.28. The Bertz CT molecular complexity index is 1170. The van der Waals surface area contributed by atoms with Gasteiger partial charge in [-0.3, -0.25) is 4.79 Å². The van der Waals surface area contributed by atoms with E-state index in [9.17, 15) is 17.6 Å². The molecule has 1 saturated carbocycles. The number of aromatic nitrogens is 1. The van der Waals surface area contributed by atoms with Crippen LogP contribution >= 0.6 is 0 Å². The number of nitrogens with zero attached hydrogens (tertiary/aromatic N) is 3. The van der Waals surface area contributed by atoms with Crippen molar-refractivity contribution in [2.24, 2.45) is 7.05 Å². The summed E-state index contributed by atoms with van der Waals surface area (Å²) in [6.07, 6.45) is 3.34. The van der Waals surface area contributed by atoms with Gasteiger partial charge < -0.3 is 9.47 Å². The van der Waals surface area contributed by atoms with Crippen LogP contribution < -0.4 is 0 Å². The smallest absolute Gasteiger partial charge is 0.243 e. The molecular formula is C24H26FN3O3S. The van der Waals surface area contributed by atoms with E-state index in [1.165, 1.54) is 16.4 Å². The number of halogens is 1. The molecule has 0 saturated heterocycles. The van der Waals surface area contributed by atoms with Gasteiger partial charge in [-0.1, -0.05) is 30.3 Å². The van der Waals surface area contributed by atoms with Gasteiger partial charge in [0.25, 0.3) is 0 Å². The molecule has 0 spiro atoms. The number of sulfonamides is 1. The Morgan fingerprint density at radius 3 is 2.28 bits per heavy atom. The van der Waals surface area contributed by atoms with Crippen molar-refractivity contribution in [2.75, 3.05) is 6.54 Å². The lowest BCUT2D eigenvalue weighted by Gasteiger charge is -2.27. The second-order valence-corrected chi connectivity index (χ2v) is 9.97. The van der Waals surface area contributed by atoms with E-state index < -0.39 is 15.8 Å². The third-order valence-corrected chi connectivity index (χ3v) is 7.55. The van der Waals surface area contributed by atoms with Gasteiger partial charge in [-0.25, -0.2) is 12.8 Å². The molecule has 1 aromatic heterocycles. The van der Waals surface area contributed by atoms with E-state index in [4.69, 9.17) is 0 Å². The molecular weight excluding hydrogens is 429 g/mol. The SMILES string of the molecule is Cn1cccc1CN(Cc1ccccc1)C(=O)CN(C1CC1)S(=O)(=O)c1ccc(F)cc1. The van der Waals surface area contributed by atoms with Crippen molar-refractivity contribution in [2.45, 2.75) is 36.9 Å². The zero-order chi connectivity index (χ0) is 22.7. The predicted octanol–water partition coefficient (Wildman–Crippen LogP) is 3.55. The first-order valence-electron chi connectivity index (χ1n) is 10.5. The summed E-state index contributed by atoms with van der Waals surface area (Å²) < 4.78 is 43.0. The zero-order valence-electron chi connectivity index (χ0n) is 17.9. The summed E-state index contributed by atoms with van der Waals surface area (Å²) in [5.74, 6) is -0.776. The third-order valence-electron chi connectivity index (χ3n) is 5.64. The minimum Gasteiger partial charge on any atom is -0.353 e. The first-order chi connectivity index (χ1) is 15.3. The molecule has 0 N–H and O–H groups in total. The molecule has 32 heavy (non-hydrogen) atoms. The van der Waals surface area contributed by atoms with E-state index in [0.29, 0.717) is 25.9 Å². The maximum atomic E-state index is 13.4. The van der Waals surface area contributed by atoms with Gasteiger partial charge in [0.2, 0.25) is 15.9 Å².